The monoisotopic (exact) mass is 316 g/mol. The molecule has 6 nitrogen and oxygen atoms in total. The normalized spacial score (nSPS) is 40.9. The second-order valence-electron chi connectivity index (χ2n) is 7.54. The number of fused-ring (bicyclic) bond motifs is 5. The van der Waals surface area contributed by atoms with E-state index in [0.29, 0.717) is 19.3 Å². The zero-order valence-corrected chi connectivity index (χ0v) is 13.6. The van der Waals surface area contributed by atoms with Crippen molar-refractivity contribution in [3.63, 3.8) is 0 Å². The highest BCUT2D eigenvalue weighted by Gasteiger charge is 2.79. The minimum absolute atomic E-state index is 0.0811. The minimum atomic E-state index is -1.39. The highest BCUT2D eigenvalue weighted by molar-refractivity contribution is 5.86. The maximum Gasteiger partial charge on any atom is 0.328 e. The maximum absolute atomic E-state index is 12.4. The Bertz CT molecular complexity index is 658. The average Bonchev–Trinajstić information content (AvgIpc) is 3.15. The van der Waals surface area contributed by atoms with Crippen molar-refractivity contribution < 1.29 is 19.1 Å². The molecule has 3 aliphatic rings. The molecule has 0 aromatic heterocycles. The molecule has 2 bridgehead atoms. The van der Waals surface area contributed by atoms with E-state index in [9.17, 15) is 20.1 Å². The Kier molecular flexibility index (Phi) is 3.23. The second-order valence-corrected chi connectivity index (χ2v) is 7.54. The number of hydrogen-bond acceptors (Lipinski definition) is 6. The number of carbonyl (C=O) groups is 2. The van der Waals surface area contributed by atoms with Gasteiger partial charge in [-0.15, -0.1) is 0 Å². The number of nitrogens with zero attached hydrogens (tertiary/aromatic N) is 2. The molecule has 0 N–H and O–H groups in total. The highest BCUT2D eigenvalue weighted by Crippen LogP contribution is 2.69. The molecule has 3 rings (SSSR count). The average molecular weight is 316 g/mol. The van der Waals surface area contributed by atoms with Crippen LogP contribution in [0.2, 0.25) is 0 Å². The molecule has 1 heterocycles. The Morgan fingerprint density at radius 1 is 1.39 bits per heavy atom. The number of nitriles is 2. The molecule has 0 aromatic carbocycles. The standard InChI is InChI=1S/C17H20N2O4/c1-4-15(2,3)13(20)23-12-6-10-5-11(12)16(7-18)9-22-14(21)17(10,16)8-19/h10-12H,4-6,9H2,1-3H3. The van der Waals surface area contributed by atoms with Gasteiger partial charge in [0, 0.05) is 5.92 Å². The summed E-state index contributed by atoms with van der Waals surface area (Å²) < 4.78 is 10.8. The molecular weight excluding hydrogens is 296 g/mol. The summed E-state index contributed by atoms with van der Waals surface area (Å²) in [4.78, 5) is 24.6. The van der Waals surface area contributed by atoms with E-state index < -0.39 is 28.3 Å². The van der Waals surface area contributed by atoms with Crippen LogP contribution >= 0.6 is 0 Å². The van der Waals surface area contributed by atoms with Crippen LogP contribution in [0.15, 0.2) is 0 Å². The van der Waals surface area contributed by atoms with Crippen molar-refractivity contribution in [2.45, 2.75) is 46.1 Å². The van der Waals surface area contributed by atoms with Gasteiger partial charge >= 0.3 is 11.9 Å². The number of esters is 2. The van der Waals surface area contributed by atoms with Gasteiger partial charge in [-0.25, -0.2) is 0 Å². The van der Waals surface area contributed by atoms with Gasteiger partial charge in [-0.3, -0.25) is 9.59 Å². The predicted octanol–water partition coefficient (Wildman–Crippen LogP) is 1.95. The topological polar surface area (TPSA) is 100 Å². The largest absolute Gasteiger partial charge is 0.463 e. The molecule has 0 radical (unpaired) electrons. The molecular formula is C17H20N2O4. The van der Waals surface area contributed by atoms with Gasteiger partial charge < -0.3 is 9.47 Å². The fourth-order valence-electron chi connectivity index (χ4n) is 4.40. The van der Waals surface area contributed by atoms with E-state index in [2.05, 4.69) is 12.1 Å². The fraction of sp³-hybridized carbons (Fsp3) is 0.765. The fourth-order valence-corrected chi connectivity index (χ4v) is 4.40. The molecule has 2 aliphatic carbocycles. The SMILES string of the molecule is CCC(C)(C)C(=O)OC1CC2CC1C1(C#N)COC(=O)C21C#N. The third kappa shape index (κ3) is 1.67. The van der Waals surface area contributed by atoms with Gasteiger partial charge in [0.25, 0.3) is 0 Å². The number of cyclic esters (lactones) is 1. The van der Waals surface area contributed by atoms with Crippen LogP contribution in [0.25, 0.3) is 0 Å². The summed E-state index contributed by atoms with van der Waals surface area (Å²) in [7, 11) is 0. The Labute approximate surface area is 135 Å². The van der Waals surface area contributed by atoms with E-state index in [1.807, 2.05) is 20.8 Å². The van der Waals surface area contributed by atoms with Gasteiger partial charge in [-0.05, 0) is 39.0 Å². The first-order valence-electron chi connectivity index (χ1n) is 8.00. The molecule has 0 amide bonds. The zero-order valence-electron chi connectivity index (χ0n) is 13.6. The lowest BCUT2D eigenvalue weighted by atomic mass is 9.58. The van der Waals surface area contributed by atoms with Crippen LogP contribution in [-0.4, -0.2) is 24.6 Å². The van der Waals surface area contributed by atoms with E-state index >= 15 is 0 Å². The second kappa shape index (κ2) is 4.71. The highest BCUT2D eigenvalue weighted by atomic mass is 16.6. The summed E-state index contributed by atoms with van der Waals surface area (Å²) >= 11 is 0. The summed E-state index contributed by atoms with van der Waals surface area (Å²) in [6.07, 6.45) is 1.23. The van der Waals surface area contributed by atoms with Gasteiger partial charge in [0.15, 0.2) is 5.41 Å². The van der Waals surface area contributed by atoms with Crippen molar-refractivity contribution in [3.8, 4) is 12.1 Å². The number of rotatable bonds is 3. The first-order chi connectivity index (χ1) is 10.8. The lowest BCUT2D eigenvalue weighted by molar-refractivity contribution is -0.166. The van der Waals surface area contributed by atoms with Crippen molar-refractivity contribution in [1.82, 2.24) is 0 Å². The van der Waals surface area contributed by atoms with Gasteiger partial charge in [0.2, 0.25) is 0 Å². The lowest BCUT2D eigenvalue weighted by Gasteiger charge is -2.39. The quantitative estimate of drug-likeness (QED) is 0.738. The summed E-state index contributed by atoms with van der Waals surface area (Å²) in [5.41, 5.74) is -3.17. The summed E-state index contributed by atoms with van der Waals surface area (Å²) in [6, 6.07) is 4.28. The molecule has 0 aromatic rings. The molecule has 0 spiro atoms. The van der Waals surface area contributed by atoms with Gasteiger partial charge in [0.1, 0.15) is 18.1 Å². The van der Waals surface area contributed by atoms with Crippen molar-refractivity contribution in [2.75, 3.05) is 6.61 Å². The van der Waals surface area contributed by atoms with Crippen LogP contribution in [0, 0.1) is 50.7 Å². The van der Waals surface area contributed by atoms with Crippen molar-refractivity contribution in [3.05, 3.63) is 0 Å². The van der Waals surface area contributed by atoms with Gasteiger partial charge in [-0.2, -0.15) is 10.5 Å². The molecule has 3 fully saturated rings. The third-order valence-corrected chi connectivity index (χ3v) is 6.28. The Balaban J connectivity index is 1.91. The summed E-state index contributed by atoms with van der Waals surface area (Å²) in [6.45, 7) is 5.49. The Morgan fingerprint density at radius 2 is 2.09 bits per heavy atom. The number of carbonyl (C=O) groups excluding carboxylic acids is 2. The van der Waals surface area contributed by atoms with Crippen LogP contribution in [0.4, 0.5) is 0 Å². The molecule has 23 heavy (non-hydrogen) atoms. The zero-order chi connectivity index (χ0) is 17.0. The molecule has 1 saturated heterocycles. The van der Waals surface area contributed by atoms with Gasteiger partial charge in [0.05, 0.1) is 17.6 Å². The minimum Gasteiger partial charge on any atom is -0.463 e. The van der Waals surface area contributed by atoms with Crippen LogP contribution in [0.1, 0.15) is 40.0 Å². The smallest absolute Gasteiger partial charge is 0.328 e. The molecule has 5 atom stereocenters. The lowest BCUT2D eigenvalue weighted by Crippen LogP contribution is -2.51. The molecule has 2 saturated carbocycles. The molecule has 1 aliphatic heterocycles. The van der Waals surface area contributed by atoms with Crippen molar-refractivity contribution in [2.24, 2.45) is 28.1 Å². The van der Waals surface area contributed by atoms with Crippen LogP contribution in [0.5, 0.6) is 0 Å². The number of ether oxygens (including phenoxy) is 2. The first kappa shape index (κ1) is 15.8. The van der Waals surface area contributed by atoms with Gasteiger partial charge in [-0.1, -0.05) is 6.92 Å². The van der Waals surface area contributed by atoms with Crippen LogP contribution in [-0.2, 0) is 19.1 Å². The van der Waals surface area contributed by atoms with Crippen molar-refractivity contribution >= 4 is 11.9 Å². The Hall–Kier alpha value is -2.08. The van der Waals surface area contributed by atoms with E-state index in [4.69, 9.17) is 9.47 Å². The maximum atomic E-state index is 12.4. The summed E-state index contributed by atoms with van der Waals surface area (Å²) in [5.74, 6) is -1.49. The van der Waals surface area contributed by atoms with E-state index in [1.165, 1.54) is 0 Å². The Morgan fingerprint density at radius 3 is 2.65 bits per heavy atom. The first-order valence-corrected chi connectivity index (χ1v) is 8.00. The number of hydrogen-bond donors (Lipinski definition) is 0. The molecule has 122 valence electrons. The van der Waals surface area contributed by atoms with E-state index in [0.717, 1.165) is 0 Å². The molecule has 5 unspecified atom stereocenters. The third-order valence-electron chi connectivity index (χ3n) is 6.28. The summed E-state index contributed by atoms with van der Waals surface area (Å²) in [5, 5.41) is 19.4. The predicted molar refractivity (Wildman–Crippen MR) is 77.2 cm³/mol. The van der Waals surface area contributed by atoms with Crippen LogP contribution in [0.3, 0.4) is 0 Å². The molecule has 6 heteroatoms. The van der Waals surface area contributed by atoms with E-state index in [1.54, 1.807) is 0 Å². The van der Waals surface area contributed by atoms with Crippen LogP contribution < -0.4 is 0 Å². The van der Waals surface area contributed by atoms with Crippen molar-refractivity contribution in [1.29, 1.82) is 10.5 Å². The van der Waals surface area contributed by atoms with E-state index in [-0.39, 0.29) is 24.4 Å².